The summed E-state index contributed by atoms with van der Waals surface area (Å²) < 4.78 is 11.6. The van der Waals surface area contributed by atoms with Gasteiger partial charge in [0.1, 0.15) is 0 Å². The lowest BCUT2D eigenvalue weighted by atomic mass is 10.2. The Bertz CT molecular complexity index is 423. The number of hydrogen-bond donors (Lipinski definition) is 0. The van der Waals surface area contributed by atoms with Crippen LogP contribution in [0.15, 0.2) is 24.3 Å². The molecule has 1 aromatic rings. The zero-order chi connectivity index (χ0) is 12.3. The van der Waals surface area contributed by atoms with Gasteiger partial charge in [-0.3, -0.25) is 14.3 Å². The molecule has 1 rings (SSSR count). The van der Waals surface area contributed by atoms with Gasteiger partial charge in [0.2, 0.25) is 0 Å². The van der Waals surface area contributed by atoms with Gasteiger partial charge in [-0.2, -0.15) is 0 Å². The first-order valence-corrected chi connectivity index (χ1v) is 6.24. The van der Waals surface area contributed by atoms with Crippen LogP contribution in [0.2, 0.25) is 0 Å². The van der Waals surface area contributed by atoms with E-state index in [2.05, 4.69) is 0 Å². The predicted molar refractivity (Wildman–Crippen MR) is 64.7 cm³/mol. The van der Waals surface area contributed by atoms with Crippen LogP contribution in [0.1, 0.15) is 26.3 Å². The van der Waals surface area contributed by atoms with Gasteiger partial charge in [-0.15, -0.1) is 0 Å². The molecule has 4 nitrogen and oxygen atoms in total. The van der Waals surface area contributed by atoms with Crippen molar-refractivity contribution >= 4 is 16.5 Å². The van der Waals surface area contributed by atoms with Crippen molar-refractivity contribution in [2.45, 2.75) is 31.3 Å². The lowest BCUT2D eigenvalue weighted by Crippen LogP contribution is -2.22. The van der Waals surface area contributed by atoms with Crippen LogP contribution in [-0.4, -0.2) is 13.9 Å². The molecule has 16 heavy (non-hydrogen) atoms. The molecule has 0 saturated heterocycles. The van der Waals surface area contributed by atoms with Crippen LogP contribution in [0, 0.1) is 10.1 Å². The fraction of sp³-hybridized carbons (Fsp3) is 0.455. The Kier molecular flexibility index (Phi) is 3.80. The molecule has 0 aromatic heterocycles. The van der Waals surface area contributed by atoms with Gasteiger partial charge in [0.05, 0.1) is 4.92 Å². The van der Waals surface area contributed by atoms with Crippen LogP contribution in [0.25, 0.3) is 0 Å². The number of rotatable bonds is 3. The Hall–Kier alpha value is -1.23. The minimum Gasteiger partial charge on any atom is -0.259 e. The molecule has 0 aliphatic rings. The zero-order valence-electron chi connectivity index (χ0n) is 9.60. The largest absolute Gasteiger partial charge is 0.269 e. The summed E-state index contributed by atoms with van der Waals surface area (Å²) in [6, 6.07) is 6.29. The molecule has 0 saturated carbocycles. The lowest BCUT2D eigenvalue weighted by Gasteiger charge is -2.17. The van der Waals surface area contributed by atoms with E-state index in [-0.39, 0.29) is 10.4 Å². The summed E-state index contributed by atoms with van der Waals surface area (Å²) in [4.78, 5) is 10.1. The van der Waals surface area contributed by atoms with E-state index < -0.39 is 15.7 Å². The van der Waals surface area contributed by atoms with Crippen molar-refractivity contribution in [1.29, 1.82) is 0 Å². The minimum atomic E-state index is -1.03. The van der Waals surface area contributed by atoms with E-state index in [1.54, 1.807) is 12.1 Å². The summed E-state index contributed by atoms with van der Waals surface area (Å²) in [6.07, 6.45) is 0. The molecule has 5 heteroatoms. The molecule has 1 unspecified atom stereocenters. The highest BCUT2D eigenvalue weighted by atomic mass is 32.2. The monoisotopic (exact) mass is 241 g/mol. The number of non-ortho nitro benzene ring substituents is 1. The van der Waals surface area contributed by atoms with E-state index in [1.165, 1.54) is 12.1 Å². The smallest absolute Gasteiger partial charge is 0.259 e. The zero-order valence-corrected chi connectivity index (χ0v) is 10.4. The second kappa shape index (κ2) is 4.74. The second-order valence-corrected chi connectivity index (χ2v) is 6.73. The molecule has 0 fully saturated rings. The van der Waals surface area contributed by atoms with Crippen molar-refractivity contribution in [3.05, 3.63) is 39.9 Å². The Labute approximate surface area is 97.3 Å². The molecular formula is C11H15NO3S. The quantitative estimate of drug-likeness (QED) is 0.603. The third kappa shape index (κ3) is 3.41. The molecule has 1 atom stereocenters. The third-order valence-corrected chi connectivity index (χ3v) is 4.06. The number of nitro benzene ring substituents is 1. The summed E-state index contributed by atoms with van der Waals surface area (Å²) in [5, 5.41) is 10.6. The van der Waals surface area contributed by atoms with Gasteiger partial charge in [0.15, 0.2) is 0 Å². The molecule has 0 bridgehead atoms. The summed E-state index contributed by atoms with van der Waals surface area (Å²) in [5.74, 6) is 0.352. The molecule has 0 aliphatic carbocycles. The summed E-state index contributed by atoms with van der Waals surface area (Å²) >= 11 is 0. The molecule has 1 aromatic carbocycles. The number of benzene rings is 1. The Morgan fingerprint density at radius 2 is 2.00 bits per heavy atom. The minimum absolute atomic E-state index is 0.0448. The van der Waals surface area contributed by atoms with Gasteiger partial charge < -0.3 is 0 Å². The van der Waals surface area contributed by atoms with Crippen LogP contribution in [-0.2, 0) is 16.6 Å². The first-order valence-electron chi connectivity index (χ1n) is 4.92. The molecule has 0 radical (unpaired) electrons. The molecule has 0 heterocycles. The highest BCUT2D eigenvalue weighted by molar-refractivity contribution is 7.85. The van der Waals surface area contributed by atoms with Crippen molar-refractivity contribution in [3.8, 4) is 0 Å². The molecule has 0 spiro atoms. The fourth-order valence-corrected chi connectivity index (χ4v) is 2.04. The highest BCUT2D eigenvalue weighted by Gasteiger charge is 2.20. The van der Waals surface area contributed by atoms with Crippen molar-refractivity contribution in [1.82, 2.24) is 0 Å². The summed E-state index contributed by atoms with van der Waals surface area (Å²) in [7, 11) is -1.03. The predicted octanol–water partition coefficient (Wildman–Crippen LogP) is 2.64. The van der Waals surface area contributed by atoms with Gasteiger partial charge in [-0.25, -0.2) is 0 Å². The van der Waals surface area contributed by atoms with Gasteiger partial charge >= 0.3 is 0 Å². The maximum atomic E-state index is 11.9. The van der Waals surface area contributed by atoms with Crippen molar-refractivity contribution in [3.63, 3.8) is 0 Å². The average Bonchev–Trinajstić information content (AvgIpc) is 2.16. The molecule has 0 aliphatic heterocycles. The van der Waals surface area contributed by atoms with Crippen LogP contribution in [0.4, 0.5) is 5.69 Å². The van der Waals surface area contributed by atoms with E-state index in [0.717, 1.165) is 5.56 Å². The first-order chi connectivity index (χ1) is 7.30. The topological polar surface area (TPSA) is 60.2 Å². The summed E-state index contributed by atoms with van der Waals surface area (Å²) in [5.41, 5.74) is 0.783. The van der Waals surface area contributed by atoms with Crippen LogP contribution < -0.4 is 0 Å². The van der Waals surface area contributed by atoms with E-state index in [9.17, 15) is 14.3 Å². The average molecular weight is 241 g/mol. The molecule has 0 amide bonds. The van der Waals surface area contributed by atoms with Gasteiger partial charge in [-0.1, -0.05) is 12.1 Å². The van der Waals surface area contributed by atoms with E-state index >= 15 is 0 Å². The van der Waals surface area contributed by atoms with Gasteiger partial charge in [-0.05, 0) is 26.3 Å². The summed E-state index contributed by atoms with van der Waals surface area (Å²) in [6.45, 7) is 5.67. The van der Waals surface area contributed by atoms with Crippen molar-refractivity contribution in [2.75, 3.05) is 0 Å². The fourth-order valence-electron chi connectivity index (χ4n) is 1.13. The van der Waals surface area contributed by atoms with Gasteiger partial charge in [0.25, 0.3) is 5.69 Å². The van der Waals surface area contributed by atoms with Crippen molar-refractivity contribution in [2.24, 2.45) is 0 Å². The molecule has 0 N–H and O–H groups in total. The Morgan fingerprint density at radius 3 is 2.50 bits per heavy atom. The normalized spacial score (nSPS) is 13.4. The standard InChI is InChI=1S/C11H15NO3S/c1-11(2,3)16(15)8-9-5-4-6-10(7-9)12(13)14/h4-7H,8H2,1-3H3. The number of hydrogen-bond acceptors (Lipinski definition) is 3. The van der Waals surface area contributed by atoms with E-state index in [1.807, 2.05) is 20.8 Å². The lowest BCUT2D eigenvalue weighted by molar-refractivity contribution is -0.384. The van der Waals surface area contributed by atoms with Crippen molar-refractivity contribution < 1.29 is 9.13 Å². The maximum Gasteiger partial charge on any atom is 0.269 e. The molecule has 88 valence electrons. The second-order valence-electron chi connectivity index (χ2n) is 4.53. The number of nitro groups is 1. The van der Waals surface area contributed by atoms with E-state index in [0.29, 0.717) is 5.75 Å². The van der Waals surface area contributed by atoms with Crippen LogP contribution in [0.5, 0.6) is 0 Å². The molecular weight excluding hydrogens is 226 g/mol. The Balaban J connectivity index is 2.87. The van der Waals surface area contributed by atoms with Crippen LogP contribution in [0.3, 0.4) is 0 Å². The SMILES string of the molecule is CC(C)(C)S(=O)Cc1cccc([N+](=O)[O-])c1. The highest BCUT2D eigenvalue weighted by Crippen LogP contribution is 2.19. The Morgan fingerprint density at radius 1 is 1.38 bits per heavy atom. The van der Waals surface area contributed by atoms with Crippen LogP contribution >= 0.6 is 0 Å². The first kappa shape index (κ1) is 12.8. The number of nitrogens with zero attached hydrogens (tertiary/aromatic N) is 1. The third-order valence-electron chi connectivity index (χ3n) is 2.10. The van der Waals surface area contributed by atoms with Gasteiger partial charge in [0, 0.05) is 33.4 Å². The van der Waals surface area contributed by atoms with E-state index in [4.69, 9.17) is 0 Å². The maximum absolute atomic E-state index is 11.9.